The summed E-state index contributed by atoms with van der Waals surface area (Å²) in [4.78, 5) is 11.8. The molecule has 0 radical (unpaired) electrons. The molecule has 0 unspecified atom stereocenters. The zero-order valence-electron chi connectivity index (χ0n) is 15.7. The van der Waals surface area contributed by atoms with Crippen LogP contribution >= 0.6 is 0 Å². The van der Waals surface area contributed by atoms with Gasteiger partial charge < -0.3 is 0 Å². The van der Waals surface area contributed by atoms with Crippen molar-refractivity contribution < 1.29 is 4.79 Å². The molecule has 2 aromatic carbocycles. The van der Waals surface area contributed by atoms with E-state index in [1.54, 1.807) is 0 Å². The van der Waals surface area contributed by atoms with Crippen LogP contribution in [0, 0.1) is 0 Å². The van der Waals surface area contributed by atoms with E-state index in [0.29, 0.717) is 0 Å². The molecule has 0 atom stereocenters. The van der Waals surface area contributed by atoms with Gasteiger partial charge in [-0.25, -0.2) is 0 Å². The molecule has 0 spiro atoms. The second kappa shape index (κ2) is 21.4. The molecular formula is C21H34O. The Morgan fingerprint density at radius 1 is 0.500 bits per heavy atom. The van der Waals surface area contributed by atoms with Gasteiger partial charge in [0.2, 0.25) is 0 Å². The van der Waals surface area contributed by atoms with Gasteiger partial charge in [-0.3, -0.25) is 4.79 Å². The van der Waals surface area contributed by atoms with Gasteiger partial charge >= 0.3 is 0 Å². The first-order valence-electron chi connectivity index (χ1n) is 8.53. The van der Waals surface area contributed by atoms with E-state index in [1.165, 1.54) is 0 Å². The van der Waals surface area contributed by atoms with Gasteiger partial charge in [0.25, 0.3) is 0 Å². The lowest BCUT2D eigenvalue weighted by Crippen LogP contribution is -1.99. The molecule has 0 fully saturated rings. The molecule has 0 N–H and O–H groups in total. The first-order valence-corrected chi connectivity index (χ1v) is 8.53. The van der Waals surface area contributed by atoms with Crippen molar-refractivity contribution in [3.05, 3.63) is 71.8 Å². The third-order valence-electron chi connectivity index (χ3n) is 2.07. The lowest BCUT2D eigenvalue weighted by molar-refractivity contribution is 0.103. The molecule has 1 heteroatoms. The summed E-state index contributed by atoms with van der Waals surface area (Å²) in [7, 11) is 0. The van der Waals surface area contributed by atoms with Gasteiger partial charge in [0.15, 0.2) is 5.78 Å². The molecule has 0 saturated heterocycles. The number of carbonyl (C=O) groups excluding carboxylic acids is 1. The highest BCUT2D eigenvalue weighted by molar-refractivity contribution is 6.08. The van der Waals surface area contributed by atoms with Crippen molar-refractivity contribution in [1.29, 1.82) is 0 Å². The van der Waals surface area contributed by atoms with Crippen molar-refractivity contribution in [2.24, 2.45) is 0 Å². The van der Waals surface area contributed by atoms with Crippen LogP contribution in [-0.4, -0.2) is 5.78 Å². The van der Waals surface area contributed by atoms with Crippen LogP contribution in [0.2, 0.25) is 0 Å². The van der Waals surface area contributed by atoms with Crippen molar-refractivity contribution in [3.8, 4) is 0 Å². The number of hydrogen-bond donors (Lipinski definition) is 0. The largest absolute Gasteiger partial charge is 0.289 e. The minimum absolute atomic E-state index is 0.0752. The molecule has 0 aliphatic rings. The van der Waals surface area contributed by atoms with Crippen LogP contribution in [-0.2, 0) is 0 Å². The van der Waals surface area contributed by atoms with Crippen LogP contribution in [0.3, 0.4) is 0 Å². The zero-order chi connectivity index (χ0) is 17.8. The molecule has 0 saturated carbocycles. The Bertz CT molecular complexity index is 377. The molecule has 0 heterocycles. The van der Waals surface area contributed by atoms with Crippen molar-refractivity contribution in [2.75, 3.05) is 0 Å². The summed E-state index contributed by atoms with van der Waals surface area (Å²) in [6.45, 7) is 16.0. The fourth-order valence-corrected chi connectivity index (χ4v) is 1.35. The van der Waals surface area contributed by atoms with Crippen LogP contribution in [0.4, 0.5) is 0 Å². The van der Waals surface area contributed by atoms with E-state index in [9.17, 15) is 4.79 Å². The number of benzene rings is 2. The number of ketones is 1. The summed E-state index contributed by atoms with van der Waals surface area (Å²) in [5, 5.41) is 0. The highest BCUT2D eigenvalue weighted by atomic mass is 16.1. The van der Waals surface area contributed by atoms with Gasteiger partial charge in [0, 0.05) is 11.1 Å². The molecule has 1 nitrogen and oxygen atoms in total. The van der Waals surface area contributed by atoms with Crippen LogP contribution in [0.25, 0.3) is 0 Å². The summed E-state index contributed by atoms with van der Waals surface area (Å²) in [5.74, 6) is 0.0752. The number of hydrogen-bond acceptors (Lipinski definition) is 1. The van der Waals surface area contributed by atoms with Crippen molar-refractivity contribution in [1.82, 2.24) is 0 Å². The lowest BCUT2D eigenvalue weighted by atomic mass is 10.0. The number of rotatable bonds is 2. The van der Waals surface area contributed by atoms with Gasteiger partial charge in [-0.15, -0.1) is 0 Å². The molecule has 124 valence electrons. The van der Waals surface area contributed by atoms with Crippen LogP contribution in [0.15, 0.2) is 60.7 Å². The van der Waals surface area contributed by atoms with Gasteiger partial charge in [0.1, 0.15) is 0 Å². The molecule has 2 rings (SSSR count). The normalized spacial score (nSPS) is 7.27. The second-order valence-corrected chi connectivity index (χ2v) is 3.06. The third-order valence-corrected chi connectivity index (χ3v) is 2.07. The molecule has 0 aliphatic heterocycles. The van der Waals surface area contributed by atoms with Crippen LogP contribution < -0.4 is 0 Å². The summed E-state index contributed by atoms with van der Waals surface area (Å²) < 4.78 is 0. The van der Waals surface area contributed by atoms with Gasteiger partial charge in [-0.2, -0.15) is 0 Å². The maximum atomic E-state index is 11.8. The fraction of sp³-hybridized carbons (Fsp3) is 0.381. The minimum atomic E-state index is 0.0752. The minimum Gasteiger partial charge on any atom is -0.289 e. The first kappa shape index (κ1) is 25.1. The standard InChI is InChI=1S/C13H10O.4C2H6/c14-13(11-7-3-1-4-8-11)12-9-5-2-6-10-12;4*1-2/h1-10H;4*1-2H3. The Labute approximate surface area is 138 Å². The van der Waals surface area contributed by atoms with Gasteiger partial charge in [0.05, 0.1) is 0 Å². The van der Waals surface area contributed by atoms with Crippen molar-refractivity contribution >= 4 is 5.78 Å². The van der Waals surface area contributed by atoms with E-state index >= 15 is 0 Å². The molecule has 0 aromatic heterocycles. The fourth-order valence-electron chi connectivity index (χ4n) is 1.35. The Morgan fingerprint density at radius 2 is 0.727 bits per heavy atom. The summed E-state index contributed by atoms with van der Waals surface area (Å²) in [5.41, 5.74) is 1.47. The second-order valence-electron chi connectivity index (χ2n) is 3.06. The maximum Gasteiger partial charge on any atom is 0.193 e. The Hall–Kier alpha value is -1.89. The summed E-state index contributed by atoms with van der Waals surface area (Å²) in [6.07, 6.45) is 0. The summed E-state index contributed by atoms with van der Waals surface area (Å²) in [6, 6.07) is 18.6. The Balaban J connectivity index is -0.000000394. The van der Waals surface area contributed by atoms with Crippen LogP contribution in [0.1, 0.15) is 71.3 Å². The zero-order valence-corrected chi connectivity index (χ0v) is 15.7. The van der Waals surface area contributed by atoms with Gasteiger partial charge in [-0.1, -0.05) is 116 Å². The van der Waals surface area contributed by atoms with Crippen molar-refractivity contribution in [3.63, 3.8) is 0 Å². The molecular weight excluding hydrogens is 268 g/mol. The smallest absolute Gasteiger partial charge is 0.193 e. The van der Waals surface area contributed by atoms with E-state index in [-0.39, 0.29) is 5.78 Å². The number of carbonyl (C=O) groups is 1. The molecule has 0 aliphatic carbocycles. The van der Waals surface area contributed by atoms with E-state index in [2.05, 4.69) is 0 Å². The predicted molar refractivity (Wildman–Crippen MR) is 102 cm³/mol. The molecule has 2 aromatic rings. The van der Waals surface area contributed by atoms with E-state index in [4.69, 9.17) is 0 Å². The Morgan fingerprint density at radius 3 is 0.955 bits per heavy atom. The molecule has 22 heavy (non-hydrogen) atoms. The third kappa shape index (κ3) is 10.8. The molecule has 0 amide bonds. The summed E-state index contributed by atoms with van der Waals surface area (Å²) >= 11 is 0. The average molecular weight is 303 g/mol. The van der Waals surface area contributed by atoms with E-state index < -0.39 is 0 Å². The SMILES string of the molecule is CC.CC.CC.CC.O=C(c1ccccc1)c1ccccc1. The topological polar surface area (TPSA) is 17.1 Å². The lowest BCUT2D eigenvalue weighted by Gasteiger charge is -1.99. The predicted octanol–water partition coefficient (Wildman–Crippen LogP) is 7.02. The van der Waals surface area contributed by atoms with Gasteiger partial charge in [-0.05, 0) is 0 Å². The first-order chi connectivity index (χ1) is 10.9. The van der Waals surface area contributed by atoms with E-state index in [0.717, 1.165) is 11.1 Å². The van der Waals surface area contributed by atoms with Crippen molar-refractivity contribution in [2.45, 2.75) is 55.4 Å². The Kier molecular flexibility index (Phi) is 24.4. The monoisotopic (exact) mass is 302 g/mol. The van der Waals surface area contributed by atoms with Crippen LogP contribution in [0.5, 0.6) is 0 Å². The molecule has 0 bridgehead atoms. The highest BCUT2D eigenvalue weighted by Gasteiger charge is 2.06. The average Bonchev–Trinajstić information content (AvgIpc) is 2.69. The quantitative estimate of drug-likeness (QED) is 0.544. The van der Waals surface area contributed by atoms with E-state index in [1.807, 2.05) is 116 Å². The highest BCUT2D eigenvalue weighted by Crippen LogP contribution is 2.08. The maximum absolute atomic E-state index is 11.8.